The molecule has 0 heterocycles. The summed E-state index contributed by atoms with van der Waals surface area (Å²) in [7, 11) is 1.59. The average Bonchev–Trinajstić information content (AvgIpc) is 2.61. The monoisotopic (exact) mass is 333 g/mol. The van der Waals surface area contributed by atoms with E-state index in [4.69, 9.17) is 0 Å². The van der Waals surface area contributed by atoms with Gasteiger partial charge in [0.2, 0.25) is 0 Å². The summed E-state index contributed by atoms with van der Waals surface area (Å²) in [5.74, 6) is -0.596. The number of nitrogens with zero attached hydrogens (tertiary/aromatic N) is 1. The van der Waals surface area contributed by atoms with Crippen LogP contribution in [0.15, 0.2) is 53.5 Å². The quantitative estimate of drug-likeness (QED) is 0.562. The van der Waals surface area contributed by atoms with E-state index in [0.29, 0.717) is 12.5 Å². The summed E-state index contributed by atoms with van der Waals surface area (Å²) in [5.41, 5.74) is 1.24. The van der Waals surface area contributed by atoms with Gasteiger partial charge in [-0.15, -0.1) is 0 Å². The summed E-state index contributed by atoms with van der Waals surface area (Å²) in [6.45, 7) is 0.566. The molecule has 6 heteroatoms. The second kappa shape index (κ2) is 8.98. The van der Waals surface area contributed by atoms with Gasteiger partial charge in [0.1, 0.15) is 11.6 Å². The zero-order valence-corrected chi connectivity index (χ0v) is 13.5. The normalized spacial score (nSPS) is 12.8. The summed E-state index contributed by atoms with van der Waals surface area (Å²) in [6.07, 6.45) is 0. The molecule has 2 aromatic carbocycles. The van der Waals surface area contributed by atoms with Crippen LogP contribution in [0.1, 0.15) is 17.0 Å². The molecule has 0 spiro atoms. The molecular weight excluding hydrogens is 312 g/mol. The standard InChI is InChI=1S/C18H21F2N3O/c1-21-18(22-10-14-9-16(19)7-8-17(14)20)23-11-15(12-24)13-5-3-2-4-6-13/h2-9,15,24H,10-12H2,1H3,(H2,21,22,23). The molecule has 0 bridgehead atoms. The number of benzene rings is 2. The van der Waals surface area contributed by atoms with Crippen molar-refractivity contribution in [2.24, 2.45) is 4.99 Å². The highest BCUT2D eigenvalue weighted by Crippen LogP contribution is 2.13. The van der Waals surface area contributed by atoms with Crippen LogP contribution in [0.5, 0.6) is 0 Å². The van der Waals surface area contributed by atoms with E-state index >= 15 is 0 Å². The summed E-state index contributed by atoms with van der Waals surface area (Å²) >= 11 is 0. The number of aliphatic imine (C=N–C) groups is 1. The first-order chi connectivity index (χ1) is 11.6. The van der Waals surface area contributed by atoms with Crippen molar-refractivity contribution >= 4 is 5.96 Å². The van der Waals surface area contributed by atoms with Crippen molar-refractivity contribution in [2.45, 2.75) is 12.5 Å². The van der Waals surface area contributed by atoms with Gasteiger partial charge < -0.3 is 15.7 Å². The van der Waals surface area contributed by atoms with Crippen LogP contribution in [0, 0.1) is 11.6 Å². The van der Waals surface area contributed by atoms with Gasteiger partial charge in [-0.2, -0.15) is 0 Å². The van der Waals surface area contributed by atoms with Gasteiger partial charge in [0.25, 0.3) is 0 Å². The van der Waals surface area contributed by atoms with Gasteiger partial charge >= 0.3 is 0 Å². The number of nitrogens with one attached hydrogen (secondary N) is 2. The second-order valence-corrected chi connectivity index (χ2v) is 5.33. The number of rotatable bonds is 6. The highest BCUT2D eigenvalue weighted by atomic mass is 19.1. The summed E-state index contributed by atoms with van der Waals surface area (Å²) in [6, 6.07) is 13.0. The molecule has 128 valence electrons. The zero-order chi connectivity index (χ0) is 17.4. The number of aliphatic hydroxyl groups excluding tert-OH is 1. The maximum atomic E-state index is 13.6. The molecule has 24 heavy (non-hydrogen) atoms. The minimum atomic E-state index is -0.486. The molecule has 3 N–H and O–H groups in total. The van der Waals surface area contributed by atoms with Gasteiger partial charge in [-0.25, -0.2) is 8.78 Å². The highest BCUT2D eigenvalue weighted by molar-refractivity contribution is 5.79. The van der Waals surface area contributed by atoms with Crippen molar-refractivity contribution in [2.75, 3.05) is 20.2 Å². The minimum absolute atomic E-state index is 0.00741. The molecular formula is C18H21F2N3O. The van der Waals surface area contributed by atoms with Crippen LogP contribution in [-0.4, -0.2) is 31.3 Å². The SMILES string of the molecule is CN=C(NCc1cc(F)ccc1F)NCC(CO)c1ccccc1. The Bertz CT molecular complexity index is 677. The van der Waals surface area contributed by atoms with Crippen molar-refractivity contribution in [3.63, 3.8) is 0 Å². The van der Waals surface area contributed by atoms with E-state index in [1.807, 2.05) is 30.3 Å². The largest absolute Gasteiger partial charge is 0.396 e. The molecule has 4 nitrogen and oxygen atoms in total. The lowest BCUT2D eigenvalue weighted by molar-refractivity contribution is 0.265. The first-order valence-electron chi connectivity index (χ1n) is 7.68. The number of hydrogen-bond acceptors (Lipinski definition) is 2. The number of aliphatic hydroxyl groups is 1. The van der Waals surface area contributed by atoms with E-state index < -0.39 is 11.6 Å². The molecule has 0 aliphatic rings. The third-order valence-electron chi connectivity index (χ3n) is 3.68. The Morgan fingerprint density at radius 2 is 1.88 bits per heavy atom. The summed E-state index contributed by atoms with van der Waals surface area (Å²) in [5, 5.41) is 15.6. The smallest absolute Gasteiger partial charge is 0.191 e. The molecule has 0 radical (unpaired) electrons. The molecule has 0 saturated heterocycles. The molecule has 2 aromatic rings. The molecule has 0 fully saturated rings. The van der Waals surface area contributed by atoms with E-state index in [1.54, 1.807) is 7.05 Å². The molecule has 0 saturated carbocycles. The van der Waals surface area contributed by atoms with Crippen LogP contribution in [0.2, 0.25) is 0 Å². The average molecular weight is 333 g/mol. The first kappa shape index (κ1) is 17.9. The molecule has 1 atom stereocenters. The van der Waals surface area contributed by atoms with Crippen LogP contribution in [0.25, 0.3) is 0 Å². The lowest BCUT2D eigenvalue weighted by Gasteiger charge is -2.18. The molecule has 0 aliphatic heterocycles. The van der Waals surface area contributed by atoms with Gasteiger partial charge in [0.15, 0.2) is 5.96 Å². The topological polar surface area (TPSA) is 56.7 Å². The summed E-state index contributed by atoms with van der Waals surface area (Å²) < 4.78 is 26.8. The summed E-state index contributed by atoms with van der Waals surface area (Å²) in [4.78, 5) is 4.05. The third-order valence-corrected chi connectivity index (χ3v) is 3.68. The van der Waals surface area contributed by atoms with Crippen molar-refractivity contribution in [1.29, 1.82) is 0 Å². The predicted molar refractivity (Wildman–Crippen MR) is 90.8 cm³/mol. The van der Waals surface area contributed by atoms with Gasteiger partial charge in [0.05, 0.1) is 6.61 Å². The van der Waals surface area contributed by atoms with Gasteiger partial charge in [-0.05, 0) is 23.8 Å². The Balaban J connectivity index is 1.91. The van der Waals surface area contributed by atoms with Crippen molar-refractivity contribution in [3.8, 4) is 0 Å². The Morgan fingerprint density at radius 3 is 2.54 bits per heavy atom. The molecule has 0 aromatic heterocycles. The second-order valence-electron chi connectivity index (χ2n) is 5.33. The Kier molecular flexibility index (Phi) is 6.69. The molecule has 2 rings (SSSR count). The zero-order valence-electron chi connectivity index (χ0n) is 13.5. The maximum absolute atomic E-state index is 13.6. The first-order valence-corrected chi connectivity index (χ1v) is 7.68. The van der Waals surface area contributed by atoms with Crippen LogP contribution in [0.3, 0.4) is 0 Å². The predicted octanol–water partition coefficient (Wildman–Crippen LogP) is 2.41. The van der Waals surface area contributed by atoms with Crippen LogP contribution in [-0.2, 0) is 6.54 Å². The van der Waals surface area contributed by atoms with Crippen LogP contribution >= 0.6 is 0 Å². The van der Waals surface area contributed by atoms with E-state index in [2.05, 4.69) is 15.6 Å². The van der Waals surface area contributed by atoms with Gasteiger partial charge in [-0.3, -0.25) is 4.99 Å². The van der Waals surface area contributed by atoms with E-state index in [9.17, 15) is 13.9 Å². The van der Waals surface area contributed by atoms with E-state index in [0.717, 1.165) is 23.8 Å². The van der Waals surface area contributed by atoms with Crippen LogP contribution in [0.4, 0.5) is 8.78 Å². The number of hydrogen-bond donors (Lipinski definition) is 3. The van der Waals surface area contributed by atoms with E-state index in [-0.39, 0.29) is 24.6 Å². The van der Waals surface area contributed by atoms with E-state index in [1.165, 1.54) is 0 Å². The van der Waals surface area contributed by atoms with Crippen LogP contribution < -0.4 is 10.6 Å². The molecule has 0 amide bonds. The fourth-order valence-corrected chi connectivity index (χ4v) is 2.31. The molecule has 0 aliphatic carbocycles. The third kappa shape index (κ3) is 5.03. The molecule has 1 unspecified atom stereocenters. The van der Waals surface area contributed by atoms with Gasteiger partial charge in [0, 0.05) is 31.6 Å². The van der Waals surface area contributed by atoms with Crippen molar-refractivity contribution in [1.82, 2.24) is 10.6 Å². The minimum Gasteiger partial charge on any atom is -0.396 e. The number of guanidine groups is 1. The maximum Gasteiger partial charge on any atom is 0.191 e. The van der Waals surface area contributed by atoms with Crippen molar-refractivity contribution < 1.29 is 13.9 Å². The highest BCUT2D eigenvalue weighted by Gasteiger charge is 2.11. The Morgan fingerprint density at radius 1 is 1.12 bits per heavy atom. The fourth-order valence-electron chi connectivity index (χ4n) is 2.31. The van der Waals surface area contributed by atoms with Gasteiger partial charge in [-0.1, -0.05) is 30.3 Å². The van der Waals surface area contributed by atoms with Crippen molar-refractivity contribution in [3.05, 3.63) is 71.3 Å². The fraction of sp³-hybridized carbons (Fsp3) is 0.278. The number of halogens is 2. The Labute approximate surface area is 140 Å². The lowest BCUT2D eigenvalue weighted by Crippen LogP contribution is -2.39. The Hall–Kier alpha value is -2.47. The lowest BCUT2D eigenvalue weighted by atomic mass is 10.0.